The monoisotopic (exact) mass is 235 g/mol. The van der Waals surface area contributed by atoms with Crippen LogP contribution < -0.4 is 0 Å². The summed E-state index contributed by atoms with van der Waals surface area (Å²) in [7, 11) is 0. The van der Waals surface area contributed by atoms with Crippen LogP contribution in [0.5, 0.6) is 0 Å². The van der Waals surface area contributed by atoms with Crippen molar-refractivity contribution in [3.05, 3.63) is 28.3 Å². The number of aromatic nitrogens is 1. The molecule has 0 aliphatic carbocycles. The van der Waals surface area contributed by atoms with E-state index < -0.39 is 5.97 Å². The molecule has 0 fully saturated rings. The Bertz CT molecular complexity index is 506. The van der Waals surface area contributed by atoms with Crippen LogP contribution in [0.1, 0.15) is 22.6 Å². The summed E-state index contributed by atoms with van der Waals surface area (Å²) < 4.78 is 1.14. The van der Waals surface area contributed by atoms with Crippen molar-refractivity contribution in [2.24, 2.45) is 0 Å². The van der Waals surface area contributed by atoms with Gasteiger partial charge < -0.3 is 5.11 Å². The van der Waals surface area contributed by atoms with Crippen LogP contribution in [-0.4, -0.2) is 16.1 Å². The number of thiazole rings is 1. The quantitative estimate of drug-likeness (QED) is 0.889. The van der Waals surface area contributed by atoms with Crippen molar-refractivity contribution in [1.82, 2.24) is 4.98 Å². The molecular weight excluding hydrogens is 222 g/mol. The molecule has 1 N–H and O–H groups in total. The highest BCUT2D eigenvalue weighted by molar-refractivity contribution is 7.18. The van der Waals surface area contributed by atoms with E-state index in [0.29, 0.717) is 6.42 Å². The van der Waals surface area contributed by atoms with Gasteiger partial charge in [0.25, 0.3) is 0 Å². The SMILES string of the molecule is Cc1cc2nc(CCC(=O)O)sc2cc1C. The van der Waals surface area contributed by atoms with Gasteiger partial charge in [-0.2, -0.15) is 0 Å². The van der Waals surface area contributed by atoms with Crippen LogP contribution in [0.15, 0.2) is 12.1 Å². The average Bonchev–Trinajstić information content (AvgIpc) is 2.58. The zero-order chi connectivity index (χ0) is 11.7. The van der Waals surface area contributed by atoms with Gasteiger partial charge in [0.05, 0.1) is 21.6 Å². The van der Waals surface area contributed by atoms with Gasteiger partial charge in [0.15, 0.2) is 0 Å². The van der Waals surface area contributed by atoms with Gasteiger partial charge in [-0.05, 0) is 37.1 Å². The molecule has 1 aromatic heterocycles. The lowest BCUT2D eigenvalue weighted by atomic mass is 10.1. The first kappa shape index (κ1) is 11.1. The minimum Gasteiger partial charge on any atom is -0.481 e. The maximum Gasteiger partial charge on any atom is 0.303 e. The van der Waals surface area contributed by atoms with Gasteiger partial charge in [-0.25, -0.2) is 4.98 Å². The summed E-state index contributed by atoms with van der Waals surface area (Å²) in [5, 5.41) is 9.52. The molecule has 4 heteroatoms. The maximum atomic E-state index is 10.5. The van der Waals surface area contributed by atoms with Crippen LogP contribution in [0.2, 0.25) is 0 Å². The smallest absolute Gasteiger partial charge is 0.303 e. The number of aryl methyl sites for hydroxylation is 3. The fourth-order valence-corrected chi connectivity index (χ4v) is 2.60. The number of hydrogen-bond donors (Lipinski definition) is 1. The molecule has 2 aromatic rings. The van der Waals surface area contributed by atoms with E-state index in [1.54, 1.807) is 11.3 Å². The van der Waals surface area contributed by atoms with E-state index in [-0.39, 0.29) is 6.42 Å². The van der Waals surface area contributed by atoms with Crippen LogP contribution in [-0.2, 0) is 11.2 Å². The minimum atomic E-state index is -0.772. The van der Waals surface area contributed by atoms with E-state index in [4.69, 9.17) is 5.11 Å². The Hall–Kier alpha value is -1.42. The molecule has 2 rings (SSSR count). The maximum absolute atomic E-state index is 10.5. The van der Waals surface area contributed by atoms with E-state index in [0.717, 1.165) is 15.2 Å². The van der Waals surface area contributed by atoms with Crippen molar-refractivity contribution in [1.29, 1.82) is 0 Å². The predicted molar refractivity (Wildman–Crippen MR) is 65.1 cm³/mol. The highest BCUT2D eigenvalue weighted by atomic mass is 32.1. The van der Waals surface area contributed by atoms with Gasteiger partial charge in [0, 0.05) is 6.42 Å². The van der Waals surface area contributed by atoms with Crippen molar-refractivity contribution in [3.8, 4) is 0 Å². The van der Waals surface area contributed by atoms with E-state index in [1.807, 2.05) is 0 Å². The number of carboxylic acids is 1. The standard InChI is InChI=1S/C12H13NO2S/c1-7-5-9-10(6-8(7)2)16-11(13-9)3-4-12(14)15/h5-6H,3-4H2,1-2H3,(H,14,15). The minimum absolute atomic E-state index is 0.151. The van der Waals surface area contributed by atoms with E-state index in [1.165, 1.54) is 11.1 Å². The molecule has 0 atom stereocenters. The molecule has 0 bridgehead atoms. The number of carboxylic acid groups (broad SMARTS) is 1. The molecule has 0 aliphatic rings. The van der Waals surface area contributed by atoms with E-state index in [9.17, 15) is 4.79 Å². The first-order valence-electron chi connectivity index (χ1n) is 5.15. The third-order valence-corrected chi connectivity index (χ3v) is 3.68. The molecule has 0 radical (unpaired) electrons. The largest absolute Gasteiger partial charge is 0.481 e. The van der Waals surface area contributed by atoms with Gasteiger partial charge in [-0.15, -0.1) is 11.3 Å². The van der Waals surface area contributed by atoms with Crippen molar-refractivity contribution in [2.45, 2.75) is 26.7 Å². The van der Waals surface area contributed by atoms with Crippen molar-refractivity contribution >= 4 is 27.5 Å². The Balaban J connectivity index is 2.33. The summed E-state index contributed by atoms with van der Waals surface area (Å²) in [4.78, 5) is 14.9. The lowest BCUT2D eigenvalue weighted by molar-refractivity contribution is -0.136. The number of aliphatic carboxylic acids is 1. The molecular formula is C12H13NO2S. The van der Waals surface area contributed by atoms with Gasteiger partial charge in [-0.1, -0.05) is 0 Å². The summed E-state index contributed by atoms with van der Waals surface area (Å²) >= 11 is 1.59. The topological polar surface area (TPSA) is 50.2 Å². The lowest BCUT2D eigenvalue weighted by Crippen LogP contribution is -1.96. The Morgan fingerprint density at radius 3 is 2.75 bits per heavy atom. The zero-order valence-electron chi connectivity index (χ0n) is 9.28. The van der Waals surface area contributed by atoms with Gasteiger partial charge >= 0.3 is 5.97 Å². The second-order valence-corrected chi connectivity index (χ2v) is 5.02. The highest BCUT2D eigenvalue weighted by Crippen LogP contribution is 2.25. The summed E-state index contributed by atoms with van der Waals surface area (Å²) in [6, 6.07) is 4.18. The van der Waals surface area contributed by atoms with Gasteiger partial charge in [0.1, 0.15) is 0 Å². The number of fused-ring (bicyclic) bond motifs is 1. The predicted octanol–water partition coefficient (Wildman–Crippen LogP) is 2.93. The zero-order valence-corrected chi connectivity index (χ0v) is 10.1. The molecule has 1 aromatic carbocycles. The third kappa shape index (κ3) is 2.22. The first-order valence-corrected chi connectivity index (χ1v) is 5.96. The summed E-state index contributed by atoms with van der Waals surface area (Å²) in [5.74, 6) is -0.772. The van der Waals surface area contributed by atoms with Crippen molar-refractivity contribution < 1.29 is 9.90 Å². The second kappa shape index (κ2) is 4.22. The van der Waals surface area contributed by atoms with Crippen LogP contribution in [0.4, 0.5) is 0 Å². The second-order valence-electron chi connectivity index (χ2n) is 3.91. The Kier molecular flexibility index (Phi) is 2.92. The van der Waals surface area contributed by atoms with Crippen molar-refractivity contribution in [3.63, 3.8) is 0 Å². The van der Waals surface area contributed by atoms with Crippen LogP contribution >= 0.6 is 11.3 Å². The Morgan fingerprint density at radius 1 is 1.38 bits per heavy atom. The Morgan fingerprint density at radius 2 is 2.06 bits per heavy atom. The third-order valence-electron chi connectivity index (χ3n) is 2.60. The molecule has 0 spiro atoms. The van der Waals surface area contributed by atoms with Gasteiger partial charge in [0.2, 0.25) is 0 Å². The first-order chi connectivity index (χ1) is 7.56. The Labute approximate surface area is 97.8 Å². The fraction of sp³-hybridized carbons (Fsp3) is 0.333. The highest BCUT2D eigenvalue weighted by Gasteiger charge is 2.07. The summed E-state index contributed by atoms with van der Waals surface area (Å²) in [6.07, 6.45) is 0.671. The summed E-state index contributed by atoms with van der Waals surface area (Å²) in [5.41, 5.74) is 3.46. The molecule has 0 aliphatic heterocycles. The normalized spacial score (nSPS) is 10.9. The number of rotatable bonds is 3. The molecule has 0 amide bonds. The number of carbonyl (C=O) groups is 1. The molecule has 0 unspecified atom stereocenters. The number of nitrogens with zero attached hydrogens (tertiary/aromatic N) is 1. The van der Waals surface area contributed by atoms with E-state index >= 15 is 0 Å². The van der Waals surface area contributed by atoms with Crippen LogP contribution in [0.25, 0.3) is 10.2 Å². The number of hydrogen-bond acceptors (Lipinski definition) is 3. The molecule has 84 valence electrons. The molecule has 0 saturated heterocycles. The lowest BCUT2D eigenvalue weighted by Gasteiger charge is -1.97. The number of benzene rings is 1. The fourth-order valence-electron chi connectivity index (χ4n) is 1.55. The van der Waals surface area contributed by atoms with Crippen molar-refractivity contribution in [2.75, 3.05) is 0 Å². The summed E-state index contributed by atoms with van der Waals surface area (Å²) in [6.45, 7) is 4.14. The van der Waals surface area contributed by atoms with E-state index in [2.05, 4.69) is 31.0 Å². The molecule has 0 saturated carbocycles. The molecule has 1 heterocycles. The average molecular weight is 235 g/mol. The van der Waals surface area contributed by atoms with Crippen LogP contribution in [0, 0.1) is 13.8 Å². The van der Waals surface area contributed by atoms with Crippen LogP contribution in [0.3, 0.4) is 0 Å². The molecule has 16 heavy (non-hydrogen) atoms. The molecule has 3 nitrogen and oxygen atoms in total. The van der Waals surface area contributed by atoms with Gasteiger partial charge in [-0.3, -0.25) is 4.79 Å².